The molecule has 8 nitrogen and oxygen atoms in total. The number of benzene rings is 2. The maximum Gasteiger partial charge on any atom is 0.329 e. The lowest BCUT2D eigenvalue weighted by atomic mass is 10.1. The molecule has 0 spiro atoms. The lowest BCUT2D eigenvalue weighted by molar-refractivity contribution is 0.628. The van der Waals surface area contributed by atoms with Gasteiger partial charge in [-0.2, -0.15) is 10.1 Å². The van der Waals surface area contributed by atoms with Gasteiger partial charge in [-0.15, -0.1) is 0 Å². The molecule has 0 radical (unpaired) electrons. The summed E-state index contributed by atoms with van der Waals surface area (Å²) in [6, 6.07) is 15.9. The lowest BCUT2D eigenvalue weighted by Crippen LogP contribution is -2.29. The first kappa shape index (κ1) is 20.3. The van der Waals surface area contributed by atoms with E-state index in [2.05, 4.69) is 32.6 Å². The third-order valence-electron chi connectivity index (χ3n) is 4.95. The van der Waals surface area contributed by atoms with Gasteiger partial charge in [-0.1, -0.05) is 42.5 Å². The molecule has 31 heavy (non-hydrogen) atoms. The molecule has 4 rings (SSSR count). The minimum Gasteiger partial charge on any atom is -0.303 e. The Morgan fingerprint density at radius 2 is 1.87 bits per heavy atom. The molecule has 0 amide bonds. The molecular formula is C22H21FN6O2. The number of halogens is 1. The highest BCUT2D eigenvalue weighted by atomic mass is 19.1. The number of H-pyrrole nitrogens is 1. The van der Waals surface area contributed by atoms with Gasteiger partial charge >= 0.3 is 5.69 Å². The lowest BCUT2D eigenvalue weighted by Gasteiger charge is -2.08. The van der Waals surface area contributed by atoms with E-state index in [1.165, 1.54) is 28.5 Å². The molecule has 0 unspecified atom stereocenters. The number of nitrogens with zero attached hydrogens (tertiary/aromatic N) is 4. The van der Waals surface area contributed by atoms with Crippen LogP contribution in [-0.2, 0) is 20.0 Å². The third-order valence-corrected chi connectivity index (χ3v) is 4.95. The Morgan fingerprint density at radius 3 is 2.61 bits per heavy atom. The van der Waals surface area contributed by atoms with E-state index in [0.717, 1.165) is 12.8 Å². The standard InChI is InChI=1S/C22H21FN6O2/c1-28-19-18(20(30)26-22(28)31)29(13-5-8-15-6-3-2-4-7-15)21(25-19)27-24-14-16-9-11-17(23)12-10-16/h2-4,6-7,9-12,14H,5,8,13H2,1H3,(H,25,27)(H,26,30,31)/b24-14-. The monoisotopic (exact) mass is 420 g/mol. The summed E-state index contributed by atoms with van der Waals surface area (Å²) in [4.78, 5) is 31.2. The van der Waals surface area contributed by atoms with Gasteiger partial charge in [-0.3, -0.25) is 14.3 Å². The van der Waals surface area contributed by atoms with E-state index < -0.39 is 11.2 Å². The number of hydrogen-bond donors (Lipinski definition) is 2. The van der Waals surface area contributed by atoms with Crippen molar-refractivity contribution in [2.24, 2.45) is 12.1 Å². The highest BCUT2D eigenvalue weighted by Crippen LogP contribution is 2.17. The number of fused-ring (bicyclic) bond motifs is 1. The van der Waals surface area contributed by atoms with Gasteiger partial charge in [0.05, 0.1) is 6.21 Å². The van der Waals surface area contributed by atoms with Gasteiger partial charge in [-0.25, -0.2) is 14.6 Å². The van der Waals surface area contributed by atoms with E-state index in [1.54, 1.807) is 23.7 Å². The first-order valence-corrected chi connectivity index (χ1v) is 9.81. The number of hydrogen-bond acceptors (Lipinski definition) is 5. The zero-order valence-corrected chi connectivity index (χ0v) is 16.9. The molecule has 0 bridgehead atoms. The van der Waals surface area contributed by atoms with E-state index in [9.17, 15) is 14.0 Å². The first-order chi connectivity index (χ1) is 15.0. The Kier molecular flexibility index (Phi) is 5.74. The van der Waals surface area contributed by atoms with Crippen molar-refractivity contribution in [2.75, 3.05) is 5.43 Å². The number of imidazole rings is 1. The topological polar surface area (TPSA) is 97.1 Å². The fraction of sp³-hybridized carbons (Fsp3) is 0.182. The first-order valence-electron chi connectivity index (χ1n) is 9.81. The average molecular weight is 420 g/mol. The zero-order valence-electron chi connectivity index (χ0n) is 16.9. The molecule has 0 saturated heterocycles. The molecule has 158 valence electrons. The van der Waals surface area contributed by atoms with E-state index in [-0.39, 0.29) is 11.5 Å². The number of aryl methyl sites for hydroxylation is 3. The van der Waals surface area contributed by atoms with E-state index >= 15 is 0 Å². The third kappa shape index (κ3) is 4.45. The van der Waals surface area contributed by atoms with Crippen LogP contribution in [-0.4, -0.2) is 25.3 Å². The van der Waals surface area contributed by atoms with Crippen molar-refractivity contribution in [3.05, 3.63) is 92.4 Å². The largest absolute Gasteiger partial charge is 0.329 e. The summed E-state index contributed by atoms with van der Waals surface area (Å²) in [6.45, 7) is 0.501. The fourth-order valence-corrected chi connectivity index (χ4v) is 3.34. The van der Waals surface area contributed by atoms with Crippen LogP contribution in [0.5, 0.6) is 0 Å². The Morgan fingerprint density at radius 1 is 1.13 bits per heavy atom. The summed E-state index contributed by atoms with van der Waals surface area (Å²) >= 11 is 0. The van der Waals surface area contributed by atoms with E-state index in [0.29, 0.717) is 23.6 Å². The van der Waals surface area contributed by atoms with Gasteiger partial charge in [0.15, 0.2) is 11.2 Å². The smallest absolute Gasteiger partial charge is 0.303 e. The van der Waals surface area contributed by atoms with Gasteiger partial charge in [0.25, 0.3) is 5.56 Å². The number of aromatic amines is 1. The highest BCUT2D eigenvalue weighted by molar-refractivity contribution is 5.80. The molecule has 0 saturated carbocycles. The quantitative estimate of drug-likeness (QED) is 0.355. The predicted molar refractivity (Wildman–Crippen MR) is 118 cm³/mol. The summed E-state index contributed by atoms with van der Waals surface area (Å²) in [6.07, 6.45) is 3.10. The molecular weight excluding hydrogens is 399 g/mol. The number of rotatable bonds is 7. The maximum atomic E-state index is 13.1. The van der Waals surface area contributed by atoms with Crippen molar-refractivity contribution in [3.8, 4) is 0 Å². The Balaban J connectivity index is 1.64. The molecule has 0 aliphatic rings. The molecule has 4 aromatic rings. The Labute approximate surface area is 176 Å². The summed E-state index contributed by atoms with van der Waals surface area (Å²) in [5.41, 5.74) is 4.28. The van der Waals surface area contributed by atoms with Crippen LogP contribution in [0.2, 0.25) is 0 Å². The molecule has 0 fully saturated rings. The molecule has 2 N–H and O–H groups in total. The van der Waals surface area contributed by atoms with Crippen molar-refractivity contribution < 1.29 is 4.39 Å². The van der Waals surface area contributed by atoms with Gasteiger partial charge in [0, 0.05) is 13.6 Å². The second kappa shape index (κ2) is 8.78. The summed E-state index contributed by atoms with van der Waals surface area (Å²) in [7, 11) is 1.55. The summed E-state index contributed by atoms with van der Waals surface area (Å²) < 4.78 is 16.1. The number of nitrogens with one attached hydrogen (secondary N) is 2. The Hall–Kier alpha value is -4.01. The molecule has 2 heterocycles. The van der Waals surface area contributed by atoms with Crippen LogP contribution < -0.4 is 16.7 Å². The second-order valence-electron chi connectivity index (χ2n) is 7.09. The second-order valence-corrected chi connectivity index (χ2v) is 7.09. The minimum atomic E-state index is -0.534. The zero-order chi connectivity index (χ0) is 21.8. The van der Waals surface area contributed by atoms with Crippen LogP contribution in [0.1, 0.15) is 17.5 Å². The van der Waals surface area contributed by atoms with Gasteiger partial charge < -0.3 is 4.57 Å². The molecule has 9 heteroatoms. The van der Waals surface area contributed by atoms with Gasteiger partial charge in [-0.05, 0) is 36.1 Å². The van der Waals surface area contributed by atoms with Crippen LogP contribution in [0.15, 0.2) is 69.3 Å². The van der Waals surface area contributed by atoms with Crippen molar-refractivity contribution in [2.45, 2.75) is 19.4 Å². The Bertz CT molecular complexity index is 1340. The fourth-order valence-electron chi connectivity index (χ4n) is 3.34. The maximum absolute atomic E-state index is 13.1. The molecule has 0 atom stereocenters. The van der Waals surface area contributed by atoms with Crippen molar-refractivity contribution >= 4 is 23.3 Å². The van der Waals surface area contributed by atoms with Crippen LogP contribution >= 0.6 is 0 Å². The number of hydrazone groups is 1. The SMILES string of the molecule is Cn1c(=O)[nH]c(=O)c2c1nc(N/N=C\c1ccc(F)cc1)n2CCCc1ccccc1. The highest BCUT2D eigenvalue weighted by Gasteiger charge is 2.17. The average Bonchev–Trinajstić information content (AvgIpc) is 3.13. The van der Waals surface area contributed by atoms with E-state index in [1.807, 2.05) is 18.2 Å². The summed E-state index contributed by atoms with van der Waals surface area (Å²) in [5.74, 6) is 0.0126. The molecule has 2 aromatic carbocycles. The number of anilines is 1. The van der Waals surface area contributed by atoms with E-state index in [4.69, 9.17) is 0 Å². The van der Waals surface area contributed by atoms with Crippen molar-refractivity contribution in [3.63, 3.8) is 0 Å². The molecule has 2 aromatic heterocycles. The predicted octanol–water partition coefficient (Wildman–Crippen LogP) is 2.64. The van der Waals surface area contributed by atoms with Crippen molar-refractivity contribution in [1.82, 2.24) is 19.1 Å². The summed E-state index contributed by atoms with van der Waals surface area (Å²) in [5, 5.41) is 4.17. The normalized spacial score (nSPS) is 11.4. The molecule has 0 aliphatic carbocycles. The van der Waals surface area contributed by atoms with Crippen LogP contribution in [0.4, 0.5) is 10.3 Å². The minimum absolute atomic E-state index is 0.271. The molecule has 0 aliphatic heterocycles. The van der Waals surface area contributed by atoms with Gasteiger partial charge in [0.2, 0.25) is 5.95 Å². The van der Waals surface area contributed by atoms with Crippen molar-refractivity contribution in [1.29, 1.82) is 0 Å². The van der Waals surface area contributed by atoms with Crippen LogP contribution in [0.25, 0.3) is 11.2 Å². The number of aromatic nitrogens is 4. The van der Waals surface area contributed by atoms with Crippen LogP contribution in [0.3, 0.4) is 0 Å². The van der Waals surface area contributed by atoms with Gasteiger partial charge in [0.1, 0.15) is 5.82 Å². The van der Waals surface area contributed by atoms with Crippen LogP contribution in [0, 0.1) is 5.82 Å².